The molecule has 0 radical (unpaired) electrons. The summed E-state index contributed by atoms with van der Waals surface area (Å²) in [6.45, 7) is 3.57. The minimum atomic E-state index is -1.30. The van der Waals surface area contributed by atoms with Crippen molar-refractivity contribution in [2.75, 3.05) is 6.61 Å². The number of rotatable bonds is 4. The van der Waals surface area contributed by atoms with Crippen LogP contribution >= 0.6 is 15.9 Å². The van der Waals surface area contributed by atoms with Gasteiger partial charge in [-0.15, -0.1) is 0 Å². The summed E-state index contributed by atoms with van der Waals surface area (Å²) in [6, 6.07) is 4.34. The van der Waals surface area contributed by atoms with E-state index in [0.717, 1.165) is 0 Å². The van der Waals surface area contributed by atoms with Crippen LogP contribution in [0, 0.1) is 12.7 Å². The van der Waals surface area contributed by atoms with E-state index >= 15 is 0 Å². The van der Waals surface area contributed by atoms with Gasteiger partial charge in [-0.25, -0.2) is 9.18 Å². The van der Waals surface area contributed by atoms with Crippen molar-refractivity contribution in [1.82, 2.24) is 9.78 Å². The number of hydrogen-bond acceptors (Lipinski definition) is 4. The number of carbonyl (C=O) groups is 1. The van der Waals surface area contributed by atoms with Crippen molar-refractivity contribution in [2.24, 2.45) is 7.05 Å². The number of halogens is 2. The summed E-state index contributed by atoms with van der Waals surface area (Å²) < 4.78 is 21.0. The first-order valence-corrected chi connectivity index (χ1v) is 7.49. The average molecular weight is 371 g/mol. The van der Waals surface area contributed by atoms with Crippen LogP contribution in [0.1, 0.15) is 40.3 Å². The molecule has 0 aliphatic carbocycles. The van der Waals surface area contributed by atoms with Crippen molar-refractivity contribution in [3.63, 3.8) is 0 Å². The highest BCUT2D eigenvalue weighted by atomic mass is 79.9. The molecule has 0 amide bonds. The van der Waals surface area contributed by atoms with Crippen LogP contribution in [0.5, 0.6) is 0 Å². The second-order valence-electron chi connectivity index (χ2n) is 4.76. The Morgan fingerprint density at radius 2 is 2.23 bits per heavy atom. The number of benzene rings is 1. The van der Waals surface area contributed by atoms with Gasteiger partial charge in [-0.3, -0.25) is 4.68 Å². The van der Waals surface area contributed by atoms with Gasteiger partial charge in [0.1, 0.15) is 11.9 Å². The van der Waals surface area contributed by atoms with Gasteiger partial charge in [0.2, 0.25) is 0 Å². The fourth-order valence-corrected chi connectivity index (χ4v) is 2.51. The van der Waals surface area contributed by atoms with Crippen molar-refractivity contribution < 1.29 is 19.0 Å². The maximum absolute atomic E-state index is 14.1. The molecule has 1 heterocycles. The molecule has 1 aromatic heterocycles. The fourth-order valence-electron chi connectivity index (χ4n) is 2.18. The Morgan fingerprint density at radius 1 is 1.55 bits per heavy atom. The van der Waals surface area contributed by atoms with E-state index in [1.165, 1.54) is 16.8 Å². The highest BCUT2D eigenvalue weighted by molar-refractivity contribution is 9.10. The Hall–Kier alpha value is -1.73. The van der Waals surface area contributed by atoms with E-state index in [0.29, 0.717) is 10.2 Å². The van der Waals surface area contributed by atoms with E-state index in [1.807, 2.05) is 0 Å². The van der Waals surface area contributed by atoms with Crippen molar-refractivity contribution in [1.29, 1.82) is 0 Å². The number of ether oxygens (including phenoxy) is 1. The summed E-state index contributed by atoms with van der Waals surface area (Å²) in [5.41, 5.74) is 0.890. The maximum Gasteiger partial charge on any atom is 0.359 e. The van der Waals surface area contributed by atoms with E-state index in [9.17, 15) is 14.3 Å². The summed E-state index contributed by atoms with van der Waals surface area (Å²) in [6.07, 6.45) is -1.30. The topological polar surface area (TPSA) is 64.3 Å². The number of aryl methyl sites for hydroxylation is 1. The van der Waals surface area contributed by atoms with Gasteiger partial charge in [-0.05, 0) is 26.0 Å². The Labute approximate surface area is 135 Å². The number of aliphatic hydroxyl groups is 1. The van der Waals surface area contributed by atoms with Crippen LogP contribution in [-0.4, -0.2) is 27.5 Å². The van der Waals surface area contributed by atoms with Crippen molar-refractivity contribution in [3.05, 3.63) is 51.0 Å². The van der Waals surface area contributed by atoms with Gasteiger partial charge in [-0.2, -0.15) is 5.10 Å². The Balaban J connectivity index is 2.53. The van der Waals surface area contributed by atoms with Gasteiger partial charge in [0.25, 0.3) is 0 Å². The number of aromatic nitrogens is 2. The van der Waals surface area contributed by atoms with Crippen LogP contribution in [-0.2, 0) is 11.8 Å². The van der Waals surface area contributed by atoms with E-state index in [-0.39, 0.29) is 23.4 Å². The third-order valence-electron chi connectivity index (χ3n) is 3.38. The Bertz CT molecular complexity index is 715. The largest absolute Gasteiger partial charge is 0.461 e. The van der Waals surface area contributed by atoms with Crippen LogP contribution in [0.3, 0.4) is 0 Å². The molecule has 1 unspecified atom stereocenters. The van der Waals surface area contributed by atoms with Gasteiger partial charge in [0, 0.05) is 28.3 Å². The Kier molecular flexibility index (Phi) is 4.97. The summed E-state index contributed by atoms with van der Waals surface area (Å²) in [7, 11) is 1.65. The molecule has 118 valence electrons. The van der Waals surface area contributed by atoms with Crippen LogP contribution in [0.25, 0.3) is 0 Å². The molecule has 0 aliphatic rings. The Morgan fingerprint density at radius 3 is 2.82 bits per heavy atom. The molecule has 7 heteroatoms. The zero-order valence-corrected chi connectivity index (χ0v) is 14.0. The van der Waals surface area contributed by atoms with E-state index < -0.39 is 17.9 Å². The molecular formula is C15H16BrFN2O3. The molecule has 5 nitrogen and oxygen atoms in total. The molecule has 0 fully saturated rings. The molecule has 1 aromatic carbocycles. The highest BCUT2D eigenvalue weighted by Gasteiger charge is 2.28. The average Bonchev–Trinajstić information content (AvgIpc) is 2.75. The first-order chi connectivity index (χ1) is 10.4. The number of esters is 1. The van der Waals surface area contributed by atoms with Gasteiger partial charge >= 0.3 is 5.97 Å². The van der Waals surface area contributed by atoms with Crippen LogP contribution in [0.4, 0.5) is 4.39 Å². The van der Waals surface area contributed by atoms with Crippen molar-refractivity contribution in [2.45, 2.75) is 20.0 Å². The lowest BCUT2D eigenvalue weighted by Gasteiger charge is -2.13. The van der Waals surface area contributed by atoms with Crippen molar-refractivity contribution >= 4 is 21.9 Å². The molecule has 1 atom stereocenters. The molecule has 0 aliphatic heterocycles. The standard InChI is InChI=1S/C15H16BrFN2O3/c1-4-22-15(21)13-12(8(2)19(3)18-13)14(20)10-6-5-9(16)7-11(10)17/h5-7,14,20H,4H2,1-3H3. The molecule has 22 heavy (non-hydrogen) atoms. The third kappa shape index (κ3) is 3.05. The first kappa shape index (κ1) is 16.6. The molecule has 0 saturated carbocycles. The summed E-state index contributed by atoms with van der Waals surface area (Å²) >= 11 is 3.17. The summed E-state index contributed by atoms with van der Waals surface area (Å²) in [4.78, 5) is 12.0. The minimum Gasteiger partial charge on any atom is -0.461 e. The van der Waals surface area contributed by atoms with Gasteiger partial charge in [0.05, 0.1) is 6.61 Å². The van der Waals surface area contributed by atoms with E-state index in [1.54, 1.807) is 27.0 Å². The SMILES string of the molecule is CCOC(=O)c1nn(C)c(C)c1C(O)c1ccc(Br)cc1F. The third-order valence-corrected chi connectivity index (χ3v) is 3.87. The summed E-state index contributed by atoms with van der Waals surface area (Å²) in [5, 5.41) is 14.6. The van der Waals surface area contributed by atoms with Gasteiger partial charge in [0.15, 0.2) is 5.69 Å². The molecular weight excluding hydrogens is 355 g/mol. The zero-order chi connectivity index (χ0) is 16.4. The predicted molar refractivity (Wildman–Crippen MR) is 82.1 cm³/mol. The van der Waals surface area contributed by atoms with Crippen LogP contribution in [0.15, 0.2) is 22.7 Å². The zero-order valence-electron chi connectivity index (χ0n) is 12.4. The quantitative estimate of drug-likeness (QED) is 0.840. The number of nitrogens with zero attached hydrogens (tertiary/aromatic N) is 2. The van der Waals surface area contributed by atoms with E-state index in [4.69, 9.17) is 4.74 Å². The lowest BCUT2D eigenvalue weighted by Crippen LogP contribution is -2.12. The molecule has 0 saturated heterocycles. The number of carbonyl (C=O) groups excluding carboxylic acids is 1. The monoisotopic (exact) mass is 370 g/mol. The smallest absolute Gasteiger partial charge is 0.359 e. The predicted octanol–water partition coefficient (Wildman–Crippen LogP) is 2.89. The van der Waals surface area contributed by atoms with Crippen molar-refractivity contribution in [3.8, 4) is 0 Å². The second-order valence-corrected chi connectivity index (χ2v) is 5.68. The summed E-state index contributed by atoms with van der Waals surface area (Å²) in [5.74, 6) is -1.21. The lowest BCUT2D eigenvalue weighted by atomic mass is 9.99. The number of hydrogen-bond donors (Lipinski definition) is 1. The van der Waals surface area contributed by atoms with Crippen LogP contribution < -0.4 is 0 Å². The molecule has 1 N–H and O–H groups in total. The normalized spacial score (nSPS) is 12.3. The molecule has 2 aromatic rings. The first-order valence-electron chi connectivity index (χ1n) is 6.70. The maximum atomic E-state index is 14.1. The van der Waals surface area contributed by atoms with Gasteiger partial charge < -0.3 is 9.84 Å². The molecule has 2 rings (SSSR count). The molecule has 0 spiro atoms. The molecule has 0 bridgehead atoms. The second kappa shape index (κ2) is 6.58. The minimum absolute atomic E-state index is 0.00308. The van der Waals surface area contributed by atoms with E-state index in [2.05, 4.69) is 21.0 Å². The highest BCUT2D eigenvalue weighted by Crippen LogP contribution is 2.30. The fraction of sp³-hybridized carbons (Fsp3) is 0.333. The lowest BCUT2D eigenvalue weighted by molar-refractivity contribution is 0.0513. The van der Waals surface area contributed by atoms with Gasteiger partial charge in [-0.1, -0.05) is 22.0 Å². The van der Waals surface area contributed by atoms with Crippen LogP contribution in [0.2, 0.25) is 0 Å². The number of aliphatic hydroxyl groups excluding tert-OH is 1.